The highest BCUT2D eigenvalue weighted by Crippen LogP contribution is 2.03. The summed E-state index contributed by atoms with van der Waals surface area (Å²) in [5.41, 5.74) is 0.802. The summed E-state index contributed by atoms with van der Waals surface area (Å²) in [6.07, 6.45) is 2.11. The molecule has 0 saturated heterocycles. The molecule has 0 amide bonds. The SMILES string of the molecule is CN(C)[C@@H](Cc1c[nH]c(=S)[nH]1)C(=O)O. The Morgan fingerprint density at radius 1 is 1.71 bits per heavy atom. The molecule has 1 aromatic rings. The van der Waals surface area contributed by atoms with Crippen LogP contribution in [0.25, 0.3) is 0 Å². The van der Waals surface area contributed by atoms with Gasteiger partial charge >= 0.3 is 5.97 Å². The van der Waals surface area contributed by atoms with E-state index in [1.807, 2.05) is 0 Å². The van der Waals surface area contributed by atoms with E-state index < -0.39 is 12.0 Å². The lowest BCUT2D eigenvalue weighted by Crippen LogP contribution is -2.37. The Labute approximate surface area is 86.8 Å². The molecule has 0 aliphatic heterocycles. The Morgan fingerprint density at radius 3 is 2.71 bits per heavy atom. The standard InChI is InChI=1S/C8H13N3O2S/c1-11(2)6(7(12)13)3-5-4-9-8(14)10-5/h4,6H,3H2,1-2H3,(H,12,13)(H2,9,10,14)/t6-/m0/s1. The summed E-state index contributed by atoms with van der Waals surface area (Å²) in [6.45, 7) is 0. The summed E-state index contributed by atoms with van der Waals surface area (Å²) in [6, 6.07) is -0.531. The Balaban J connectivity index is 2.74. The van der Waals surface area contributed by atoms with Gasteiger partial charge in [0.2, 0.25) is 0 Å². The molecular formula is C8H13N3O2S. The van der Waals surface area contributed by atoms with Crippen LogP contribution in [0.15, 0.2) is 6.20 Å². The topological polar surface area (TPSA) is 72.1 Å². The van der Waals surface area contributed by atoms with Gasteiger partial charge in [-0.15, -0.1) is 0 Å². The quantitative estimate of drug-likeness (QED) is 0.644. The van der Waals surface area contributed by atoms with E-state index in [-0.39, 0.29) is 0 Å². The largest absolute Gasteiger partial charge is 0.480 e. The van der Waals surface area contributed by atoms with Gasteiger partial charge in [-0.1, -0.05) is 0 Å². The van der Waals surface area contributed by atoms with E-state index in [9.17, 15) is 4.79 Å². The van der Waals surface area contributed by atoms with E-state index >= 15 is 0 Å². The molecule has 3 N–H and O–H groups in total. The fourth-order valence-electron chi connectivity index (χ4n) is 1.18. The molecule has 0 bridgehead atoms. The lowest BCUT2D eigenvalue weighted by Gasteiger charge is -2.18. The molecule has 1 heterocycles. The Bertz CT molecular complexity index is 369. The number of nitrogens with zero attached hydrogens (tertiary/aromatic N) is 1. The molecule has 0 aromatic carbocycles. The van der Waals surface area contributed by atoms with Crippen LogP contribution in [0.1, 0.15) is 5.69 Å². The van der Waals surface area contributed by atoms with Crippen molar-refractivity contribution in [2.24, 2.45) is 0 Å². The average molecular weight is 215 g/mol. The van der Waals surface area contributed by atoms with E-state index in [1.54, 1.807) is 25.2 Å². The predicted molar refractivity (Wildman–Crippen MR) is 54.8 cm³/mol. The fraction of sp³-hybridized carbons (Fsp3) is 0.500. The van der Waals surface area contributed by atoms with Crippen molar-refractivity contribution >= 4 is 18.2 Å². The first-order valence-electron chi connectivity index (χ1n) is 4.16. The lowest BCUT2D eigenvalue weighted by molar-refractivity contribution is -0.142. The molecule has 0 radical (unpaired) electrons. The zero-order chi connectivity index (χ0) is 10.7. The van der Waals surface area contributed by atoms with Crippen LogP contribution in [0, 0.1) is 4.77 Å². The average Bonchev–Trinajstić information content (AvgIpc) is 2.46. The minimum atomic E-state index is -0.837. The summed E-state index contributed by atoms with van der Waals surface area (Å²) < 4.78 is 0.517. The lowest BCUT2D eigenvalue weighted by atomic mass is 10.1. The summed E-state index contributed by atoms with van der Waals surface area (Å²) in [4.78, 5) is 18.2. The number of hydrogen-bond donors (Lipinski definition) is 3. The van der Waals surface area contributed by atoms with E-state index in [0.29, 0.717) is 11.2 Å². The van der Waals surface area contributed by atoms with E-state index in [1.165, 1.54) is 0 Å². The van der Waals surface area contributed by atoms with Crippen LogP contribution < -0.4 is 0 Å². The normalized spacial score (nSPS) is 13.1. The molecule has 0 aliphatic rings. The summed E-state index contributed by atoms with van der Waals surface area (Å²) >= 11 is 4.84. The fourth-order valence-corrected chi connectivity index (χ4v) is 1.37. The second-order valence-corrected chi connectivity index (χ2v) is 3.70. The predicted octanol–water partition coefficient (Wildman–Crippen LogP) is 0.630. The molecule has 0 aliphatic carbocycles. The molecule has 0 unspecified atom stereocenters. The van der Waals surface area contributed by atoms with Crippen LogP contribution in [0.5, 0.6) is 0 Å². The third kappa shape index (κ3) is 2.68. The number of carboxylic acid groups (broad SMARTS) is 1. The first-order valence-corrected chi connectivity index (χ1v) is 4.57. The number of imidazole rings is 1. The summed E-state index contributed by atoms with van der Waals surface area (Å²) in [5, 5.41) is 8.92. The van der Waals surface area contributed by atoms with Gasteiger partial charge in [0, 0.05) is 18.3 Å². The number of nitrogens with one attached hydrogen (secondary N) is 2. The third-order valence-electron chi connectivity index (χ3n) is 1.97. The van der Waals surface area contributed by atoms with Gasteiger partial charge in [0.05, 0.1) is 0 Å². The number of rotatable bonds is 4. The van der Waals surface area contributed by atoms with E-state index in [0.717, 1.165) is 5.69 Å². The van der Waals surface area contributed by atoms with Gasteiger partial charge in [0.1, 0.15) is 6.04 Å². The highest BCUT2D eigenvalue weighted by Gasteiger charge is 2.20. The Kier molecular flexibility index (Phi) is 3.43. The third-order valence-corrected chi connectivity index (χ3v) is 2.19. The first kappa shape index (κ1) is 10.9. The van der Waals surface area contributed by atoms with Gasteiger partial charge in [0.15, 0.2) is 4.77 Å². The Morgan fingerprint density at radius 2 is 2.36 bits per heavy atom. The molecule has 0 fully saturated rings. The molecule has 14 heavy (non-hydrogen) atoms. The number of H-pyrrole nitrogens is 2. The minimum absolute atomic E-state index is 0.412. The van der Waals surface area contributed by atoms with Crippen LogP contribution in [-0.2, 0) is 11.2 Å². The maximum absolute atomic E-state index is 10.9. The van der Waals surface area contributed by atoms with Crippen molar-refractivity contribution < 1.29 is 9.90 Å². The van der Waals surface area contributed by atoms with Crippen LogP contribution >= 0.6 is 12.2 Å². The number of aromatic nitrogens is 2. The molecule has 1 aromatic heterocycles. The number of carbonyl (C=O) groups is 1. The molecule has 0 spiro atoms. The van der Waals surface area contributed by atoms with E-state index in [4.69, 9.17) is 17.3 Å². The minimum Gasteiger partial charge on any atom is -0.480 e. The molecule has 6 heteroatoms. The monoisotopic (exact) mass is 215 g/mol. The molecular weight excluding hydrogens is 202 g/mol. The summed E-state index contributed by atoms with van der Waals surface area (Å²) in [7, 11) is 3.47. The number of likely N-dealkylation sites (N-methyl/N-ethyl adjacent to an activating group) is 1. The highest BCUT2D eigenvalue weighted by atomic mass is 32.1. The first-order chi connectivity index (χ1) is 6.50. The number of carboxylic acids is 1. The zero-order valence-corrected chi connectivity index (χ0v) is 8.89. The van der Waals surface area contributed by atoms with Gasteiger partial charge in [-0.3, -0.25) is 9.69 Å². The second kappa shape index (κ2) is 4.39. The highest BCUT2D eigenvalue weighted by molar-refractivity contribution is 7.71. The Hall–Kier alpha value is -1.14. The molecule has 0 saturated carbocycles. The van der Waals surface area contributed by atoms with Gasteiger partial charge in [-0.2, -0.15) is 0 Å². The van der Waals surface area contributed by atoms with Crippen molar-refractivity contribution in [2.45, 2.75) is 12.5 Å². The van der Waals surface area contributed by atoms with Crippen molar-refractivity contribution in [1.29, 1.82) is 0 Å². The van der Waals surface area contributed by atoms with Crippen LogP contribution in [0.3, 0.4) is 0 Å². The van der Waals surface area contributed by atoms with Crippen LogP contribution in [0.4, 0.5) is 0 Å². The molecule has 1 atom stereocenters. The van der Waals surface area contributed by atoms with Gasteiger partial charge in [-0.05, 0) is 26.3 Å². The van der Waals surface area contributed by atoms with Gasteiger partial charge < -0.3 is 15.1 Å². The van der Waals surface area contributed by atoms with Crippen LogP contribution in [-0.4, -0.2) is 46.1 Å². The van der Waals surface area contributed by atoms with Crippen LogP contribution in [0.2, 0.25) is 0 Å². The van der Waals surface area contributed by atoms with Crippen molar-refractivity contribution in [3.8, 4) is 0 Å². The number of aliphatic carboxylic acids is 1. The van der Waals surface area contributed by atoms with Gasteiger partial charge in [0.25, 0.3) is 0 Å². The second-order valence-electron chi connectivity index (χ2n) is 3.29. The molecule has 1 rings (SSSR count). The zero-order valence-electron chi connectivity index (χ0n) is 8.07. The van der Waals surface area contributed by atoms with Gasteiger partial charge in [-0.25, -0.2) is 0 Å². The maximum Gasteiger partial charge on any atom is 0.321 e. The molecule has 78 valence electrons. The number of aromatic amines is 2. The smallest absolute Gasteiger partial charge is 0.321 e. The van der Waals surface area contributed by atoms with E-state index in [2.05, 4.69) is 9.97 Å². The molecule has 5 nitrogen and oxygen atoms in total. The number of hydrogen-bond acceptors (Lipinski definition) is 3. The maximum atomic E-state index is 10.9. The van der Waals surface area contributed by atoms with Crippen molar-refractivity contribution in [2.75, 3.05) is 14.1 Å². The van der Waals surface area contributed by atoms with Crippen molar-refractivity contribution in [1.82, 2.24) is 14.9 Å². The van der Waals surface area contributed by atoms with Crippen molar-refractivity contribution in [3.63, 3.8) is 0 Å². The van der Waals surface area contributed by atoms with Crippen molar-refractivity contribution in [3.05, 3.63) is 16.7 Å². The summed E-state index contributed by atoms with van der Waals surface area (Å²) in [5.74, 6) is -0.837.